The molecule has 2 aromatic rings. The summed E-state index contributed by atoms with van der Waals surface area (Å²) < 4.78 is 41.9. The molecule has 0 spiro atoms. The van der Waals surface area contributed by atoms with Crippen LogP contribution in [0.2, 0.25) is 0 Å². The molecule has 0 aromatic heterocycles. The fraction of sp³-hybridized carbons (Fsp3) is 0.368. The Balaban J connectivity index is 1.63. The molecule has 134 valence electrons. The Bertz CT molecular complexity index is 737. The molecule has 0 N–H and O–H groups in total. The third-order valence-corrected chi connectivity index (χ3v) is 6.31. The molecule has 0 unspecified atom stereocenters. The Morgan fingerprint density at radius 2 is 1.68 bits per heavy atom. The van der Waals surface area contributed by atoms with Crippen LogP contribution in [0.1, 0.15) is 24.0 Å². The van der Waals surface area contributed by atoms with Gasteiger partial charge in [0.05, 0.1) is 5.69 Å². The van der Waals surface area contributed by atoms with Gasteiger partial charge in [0.2, 0.25) is 0 Å². The minimum Gasteiger partial charge on any atom is -0.369 e. The SMILES string of the molecule is Cc1ccc(N2CCC(Sc3cc(F)c(CBr)c(F)c3)CC2)c(F)c1. The third-order valence-electron chi connectivity index (χ3n) is 4.44. The summed E-state index contributed by atoms with van der Waals surface area (Å²) in [7, 11) is 0. The van der Waals surface area contributed by atoms with Crippen LogP contribution in [-0.2, 0) is 5.33 Å². The van der Waals surface area contributed by atoms with E-state index in [1.807, 2.05) is 24.0 Å². The zero-order valence-corrected chi connectivity index (χ0v) is 16.3. The summed E-state index contributed by atoms with van der Waals surface area (Å²) in [5.41, 5.74) is 1.60. The number of aryl methyl sites for hydroxylation is 1. The summed E-state index contributed by atoms with van der Waals surface area (Å²) >= 11 is 4.60. The number of anilines is 1. The van der Waals surface area contributed by atoms with Crippen LogP contribution >= 0.6 is 27.7 Å². The zero-order chi connectivity index (χ0) is 18.0. The number of alkyl halides is 1. The van der Waals surface area contributed by atoms with Gasteiger partial charge in [-0.15, -0.1) is 11.8 Å². The van der Waals surface area contributed by atoms with E-state index in [1.54, 1.807) is 6.07 Å². The molecule has 1 aliphatic rings. The monoisotopic (exact) mass is 429 g/mol. The molecule has 1 heterocycles. The molecule has 1 nitrogen and oxygen atoms in total. The molecule has 2 aromatic carbocycles. The minimum absolute atomic E-state index is 0.0639. The number of benzene rings is 2. The normalized spacial score (nSPS) is 15.6. The van der Waals surface area contributed by atoms with E-state index in [4.69, 9.17) is 0 Å². The van der Waals surface area contributed by atoms with Crippen LogP contribution in [0, 0.1) is 24.4 Å². The lowest BCUT2D eigenvalue weighted by Crippen LogP contribution is -2.35. The molecule has 6 heteroatoms. The van der Waals surface area contributed by atoms with Crippen LogP contribution in [0.25, 0.3) is 0 Å². The number of thioether (sulfide) groups is 1. The smallest absolute Gasteiger partial charge is 0.146 e. The van der Waals surface area contributed by atoms with Crippen molar-refractivity contribution in [3.05, 3.63) is 58.9 Å². The van der Waals surface area contributed by atoms with Crippen molar-refractivity contribution in [2.75, 3.05) is 18.0 Å². The highest BCUT2D eigenvalue weighted by atomic mass is 79.9. The van der Waals surface area contributed by atoms with Crippen LogP contribution in [0.3, 0.4) is 0 Å². The Kier molecular flexibility index (Phi) is 6.00. The Labute approximate surface area is 158 Å². The van der Waals surface area contributed by atoms with Gasteiger partial charge in [-0.2, -0.15) is 0 Å². The van der Waals surface area contributed by atoms with Gasteiger partial charge in [-0.1, -0.05) is 22.0 Å². The fourth-order valence-electron chi connectivity index (χ4n) is 3.05. The second kappa shape index (κ2) is 8.04. The van der Waals surface area contributed by atoms with Gasteiger partial charge < -0.3 is 4.90 Å². The summed E-state index contributed by atoms with van der Waals surface area (Å²) in [5, 5.41) is 0.439. The van der Waals surface area contributed by atoms with Crippen LogP contribution < -0.4 is 4.90 Å². The third kappa shape index (κ3) is 4.34. The summed E-state index contributed by atoms with van der Waals surface area (Å²) in [5.74, 6) is -1.22. The number of nitrogens with zero attached hydrogens (tertiary/aromatic N) is 1. The molecule has 1 saturated heterocycles. The van der Waals surface area contributed by atoms with Gasteiger partial charge in [0.1, 0.15) is 17.5 Å². The maximum absolute atomic E-state index is 14.1. The first kappa shape index (κ1) is 18.6. The van der Waals surface area contributed by atoms with Crippen LogP contribution in [0.4, 0.5) is 18.9 Å². The van der Waals surface area contributed by atoms with Crippen LogP contribution in [0.5, 0.6) is 0 Å². The highest BCUT2D eigenvalue weighted by Crippen LogP contribution is 2.34. The van der Waals surface area contributed by atoms with E-state index in [0.717, 1.165) is 31.5 Å². The van der Waals surface area contributed by atoms with Crippen molar-refractivity contribution >= 4 is 33.4 Å². The Morgan fingerprint density at radius 3 is 2.24 bits per heavy atom. The predicted molar refractivity (Wildman–Crippen MR) is 101 cm³/mol. The van der Waals surface area contributed by atoms with Crippen molar-refractivity contribution in [2.45, 2.75) is 35.2 Å². The lowest BCUT2D eigenvalue weighted by Gasteiger charge is -2.33. The maximum atomic E-state index is 14.1. The van der Waals surface area contributed by atoms with E-state index in [1.165, 1.54) is 23.9 Å². The minimum atomic E-state index is -0.515. The quantitative estimate of drug-likeness (QED) is 0.542. The van der Waals surface area contributed by atoms with Crippen molar-refractivity contribution in [1.29, 1.82) is 0 Å². The van der Waals surface area contributed by atoms with Gasteiger partial charge in [-0.3, -0.25) is 0 Å². The standard InChI is InChI=1S/C19H19BrF3NS/c1-12-2-3-19(18(23)8-12)24-6-4-13(5-7-24)25-14-9-16(21)15(11-20)17(22)10-14/h2-3,8-10,13H,4-7,11H2,1H3. The van der Waals surface area contributed by atoms with Crippen molar-refractivity contribution in [2.24, 2.45) is 0 Å². The van der Waals surface area contributed by atoms with E-state index in [2.05, 4.69) is 15.9 Å². The molecule has 25 heavy (non-hydrogen) atoms. The summed E-state index contributed by atoms with van der Waals surface area (Å²) in [6, 6.07) is 8.08. The second-order valence-corrected chi connectivity index (χ2v) is 8.19. The molecule has 1 aliphatic heterocycles. The maximum Gasteiger partial charge on any atom is 0.146 e. The average Bonchev–Trinajstić information content (AvgIpc) is 2.56. The largest absolute Gasteiger partial charge is 0.369 e. The molecule has 0 radical (unpaired) electrons. The summed E-state index contributed by atoms with van der Waals surface area (Å²) in [6.45, 7) is 3.35. The lowest BCUT2D eigenvalue weighted by molar-refractivity contribution is 0.557. The topological polar surface area (TPSA) is 3.24 Å². The van der Waals surface area contributed by atoms with Gasteiger partial charge in [0.15, 0.2) is 0 Å². The van der Waals surface area contributed by atoms with E-state index < -0.39 is 11.6 Å². The molecule has 0 bridgehead atoms. The zero-order valence-electron chi connectivity index (χ0n) is 13.9. The number of hydrogen-bond acceptors (Lipinski definition) is 2. The van der Waals surface area contributed by atoms with Crippen molar-refractivity contribution in [3.63, 3.8) is 0 Å². The molecule has 0 amide bonds. The molecule has 0 atom stereocenters. The number of hydrogen-bond donors (Lipinski definition) is 0. The summed E-state index contributed by atoms with van der Waals surface area (Å²) in [4.78, 5) is 2.65. The van der Waals surface area contributed by atoms with E-state index in [-0.39, 0.29) is 22.0 Å². The lowest BCUT2D eigenvalue weighted by atomic mass is 10.1. The van der Waals surface area contributed by atoms with E-state index in [0.29, 0.717) is 10.6 Å². The van der Waals surface area contributed by atoms with E-state index in [9.17, 15) is 13.2 Å². The molecule has 0 aliphatic carbocycles. The Morgan fingerprint density at radius 1 is 1.04 bits per heavy atom. The first-order valence-corrected chi connectivity index (χ1v) is 10.2. The van der Waals surface area contributed by atoms with Crippen LogP contribution in [0.15, 0.2) is 35.2 Å². The van der Waals surface area contributed by atoms with Crippen molar-refractivity contribution < 1.29 is 13.2 Å². The van der Waals surface area contributed by atoms with Gasteiger partial charge in [-0.25, -0.2) is 13.2 Å². The van der Waals surface area contributed by atoms with Gasteiger partial charge >= 0.3 is 0 Å². The number of rotatable bonds is 4. The predicted octanol–water partition coefficient (Wildman–Crippen LogP) is 6.07. The van der Waals surface area contributed by atoms with Crippen molar-refractivity contribution in [1.82, 2.24) is 0 Å². The highest BCUT2D eigenvalue weighted by Gasteiger charge is 2.23. The second-order valence-electron chi connectivity index (χ2n) is 6.26. The molecule has 0 saturated carbocycles. The fourth-order valence-corrected chi connectivity index (χ4v) is 4.76. The molecular weight excluding hydrogens is 411 g/mol. The first-order chi connectivity index (χ1) is 12.0. The van der Waals surface area contributed by atoms with Gasteiger partial charge in [0.25, 0.3) is 0 Å². The summed E-state index contributed by atoms with van der Waals surface area (Å²) in [6.07, 6.45) is 1.70. The first-order valence-electron chi connectivity index (χ1n) is 8.19. The van der Waals surface area contributed by atoms with Gasteiger partial charge in [0, 0.05) is 34.1 Å². The molecule has 1 fully saturated rings. The van der Waals surface area contributed by atoms with E-state index >= 15 is 0 Å². The number of piperidine rings is 1. The van der Waals surface area contributed by atoms with Crippen LogP contribution in [-0.4, -0.2) is 18.3 Å². The average molecular weight is 430 g/mol. The Hall–Kier alpha value is -1.14. The molecule has 3 rings (SSSR count). The van der Waals surface area contributed by atoms with Crippen molar-refractivity contribution in [3.8, 4) is 0 Å². The number of halogens is 4. The van der Waals surface area contributed by atoms with Gasteiger partial charge in [-0.05, 0) is 49.6 Å². The highest BCUT2D eigenvalue weighted by molar-refractivity contribution is 9.08. The molecular formula is C19H19BrF3NS.